The number of nitrogens with two attached hydrogens (primary N) is 4. The fraction of sp³-hybridized carbons (Fsp3) is 0.389. The van der Waals surface area contributed by atoms with Crippen LogP contribution in [0.4, 0.5) is 0 Å². The van der Waals surface area contributed by atoms with Gasteiger partial charge < -0.3 is 70.2 Å². The Morgan fingerprint density at radius 1 is 0.684 bits per heavy atom. The molecule has 0 aliphatic carbocycles. The number of ketones is 1. The Kier molecular flexibility index (Phi) is 24.4. The van der Waals surface area contributed by atoms with Crippen LogP contribution in [-0.2, 0) is 64.0 Å². The van der Waals surface area contributed by atoms with E-state index in [1.165, 1.54) is 67.6 Å². The summed E-state index contributed by atoms with van der Waals surface area (Å²) < 4.78 is 0. The number of phenolic OH excluding ortho intramolecular Hbond substituents is 2. The lowest BCUT2D eigenvalue weighted by molar-refractivity contribution is -0.137. The molecule has 25 heteroatoms. The van der Waals surface area contributed by atoms with E-state index in [2.05, 4.69) is 31.9 Å². The zero-order valence-electron chi connectivity index (χ0n) is 43.2. The third kappa shape index (κ3) is 20.2. The Balaban J connectivity index is 1.57. The van der Waals surface area contributed by atoms with Gasteiger partial charge in [-0.2, -0.15) is 0 Å². The number of rotatable bonds is 19. The molecule has 1 aliphatic rings. The third-order valence-electron chi connectivity index (χ3n) is 12.8. The van der Waals surface area contributed by atoms with Crippen molar-refractivity contribution in [2.75, 3.05) is 18.1 Å². The summed E-state index contributed by atoms with van der Waals surface area (Å²) in [7, 11) is 1.97. The molecule has 0 spiro atoms. The number of phenols is 2. The highest BCUT2D eigenvalue weighted by molar-refractivity contribution is 8.76. The number of carbonyl (C=O) groups excluding carboxylic acids is 9. The maximum atomic E-state index is 14.8. The monoisotopic (exact) mass is 1150 g/mol. The quantitative estimate of drug-likeness (QED) is 0.0444. The number of hydrogen-bond donors (Lipinski definition) is 13. The Hall–Kier alpha value is -7.22. The van der Waals surface area contributed by atoms with Gasteiger partial charge in [0.2, 0.25) is 47.3 Å². The van der Waals surface area contributed by atoms with Crippen molar-refractivity contribution in [3.8, 4) is 11.5 Å². The molecule has 0 saturated carbocycles. The molecule has 9 atom stereocenters. The van der Waals surface area contributed by atoms with E-state index in [9.17, 15) is 58.5 Å². The molecule has 1 heterocycles. The number of hydrogen-bond acceptors (Lipinski definition) is 16. The zero-order chi connectivity index (χ0) is 57.8. The molecule has 17 N–H and O–H groups in total. The van der Waals surface area contributed by atoms with Crippen molar-refractivity contribution in [2.45, 2.75) is 107 Å². The summed E-state index contributed by atoms with van der Waals surface area (Å²) >= 11 is 6.07. The van der Waals surface area contributed by atoms with Crippen LogP contribution in [0, 0.1) is 5.92 Å². The first kappa shape index (κ1) is 62.6. The van der Waals surface area contributed by atoms with Gasteiger partial charge in [-0.15, -0.1) is 0 Å². The van der Waals surface area contributed by atoms with Crippen LogP contribution in [0.5, 0.6) is 11.5 Å². The molecule has 4 aromatic carbocycles. The Morgan fingerprint density at radius 2 is 1.23 bits per heavy atom. The number of nitrogens with one attached hydrogen (secondary N) is 6. The Morgan fingerprint density at radius 3 is 1.82 bits per heavy atom. The maximum Gasteiger partial charge on any atom is 0.248 e. The average Bonchev–Trinajstić information content (AvgIpc) is 3.41. The number of benzene rings is 4. The molecule has 5 rings (SSSR count). The number of aliphatic hydroxyl groups excluding tert-OH is 1. The summed E-state index contributed by atoms with van der Waals surface area (Å²) in [5, 5.41) is 47.2. The smallest absolute Gasteiger partial charge is 0.248 e. The largest absolute Gasteiger partial charge is 0.508 e. The fourth-order valence-electron chi connectivity index (χ4n) is 8.29. The molecular formula is C54H67ClN10O12S2. The summed E-state index contributed by atoms with van der Waals surface area (Å²) in [5.41, 5.74) is 25.7. The first-order valence-electron chi connectivity index (χ1n) is 25.3. The van der Waals surface area contributed by atoms with Crippen LogP contribution in [0.3, 0.4) is 0 Å². The topological polar surface area (TPSA) is 391 Å². The number of aliphatic hydroxyl groups is 1. The highest BCUT2D eigenvalue weighted by atomic mass is 35.5. The number of primary amides is 2. The van der Waals surface area contributed by atoms with Crippen LogP contribution >= 0.6 is 33.2 Å². The molecule has 0 aromatic heterocycles. The number of unbranched alkanes of at least 4 members (excludes halogenated alkanes) is 1. The van der Waals surface area contributed by atoms with Crippen molar-refractivity contribution >= 4 is 86.2 Å². The van der Waals surface area contributed by atoms with Gasteiger partial charge >= 0.3 is 0 Å². The van der Waals surface area contributed by atoms with Crippen LogP contribution in [0.2, 0.25) is 5.02 Å². The molecule has 1 fully saturated rings. The molecule has 0 bridgehead atoms. The van der Waals surface area contributed by atoms with Gasteiger partial charge in [0, 0.05) is 47.3 Å². The molecule has 1 saturated heterocycles. The van der Waals surface area contributed by atoms with Crippen molar-refractivity contribution in [3.63, 3.8) is 0 Å². The van der Waals surface area contributed by atoms with Crippen LogP contribution in [0.25, 0.3) is 0 Å². The second kappa shape index (κ2) is 30.8. The second-order valence-electron chi connectivity index (χ2n) is 19.1. The molecule has 79 heavy (non-hydrogen) atoms. The first-order chi connectivity index (χ1) is 37.6. The van der Waals surface area contributed by atoms with Crippen molar-refractivity contribution in [3.05, 3.63) is 130 Å². The molecule has 8 amide bonds. The van der Waals surface area contributed by atoms with E-state index in [-0.39, 0.29) is 73.6 Å². The molecule has 424 valence electrons. The summed E-state index contributed by atoms with van der Waals surface area (Å²) in [6, 6.07) is 14.2. The van der Waals surface area contributed by atoms with Crippen molar-refractivity contribution in [1.82, 2.24) is 31.9 Å². The Labute approximate surface area is 469 Å². The molecule has 4 aromatic rings. The summed E-state index contributed by atoms with van der Waals surface area (Å²) in [6.07, 6.45) is -1.90. The maximum absolute atomic E-state index is 14.8. The minimum absolute atomic E-state index is 0.0419. The lowest BCUT2D eigenvalue weighted by Gasteiger charge is -2.29. The van der Waals surface area contributed by atoms with Gasteiger partial charge in [0.25, 0.3) is 0 Å². The average molecular weight is 1150 g/mol. The fourth-order valence-corrected chi connectivity index (χ4v) is 10.8. The lowest BCUT2D eigenvalue weighted by atomic mass is 9.90. The normalized spacial score (nSPS) is 21.2. The summed E-state index contributed by atoms with van der Waals surface area (Å²) in [4.78, 5) is 125. The van der Waals surface area contributed by atoms with Gasteiger partial charge in [-0.05, 0) is 116 Å². The standard InChI is InChI=1S/C54H67ClN10O12S2/c1-29(66)46-54(77)64-44(53(76)61-41(48(59)71)24-33-11-19-38(68)20-12-33)28-79-78-27-43(63-50(73)39(57)23-31-7-15-36(55)16-8-31)45(69)26-35(22-30-9-17-37(67)18-10-30)49(72)62-42(25-32-5-13-34(14-6-32)47(58)70)52(75)60-40(51(74)65-46)4-2-3-21-56/h5-20,29,35,39-44,46,66-68H,2-4,21-28,56-57H2,1H3,(H2,58,70)(H2,59,71)(H,60,75)(H,61,76)(H,62,72)(H,63,73)(H,64,77)(H,65,74)/t29-,35-,39+,40+,41-,42-,43-,44+,46+/m1/s1. The van der Waals surface area contributed by atoms with Crippen LogP contribution < -0.4 is 54.8 Å². The molecule has 22 nitrogen and oxygen atoms in total. The van der Waals surface area contributed by atoms with E-state index in [0.29, 0.717) is 33.7 Å². The molecule has 0 unspecified atom stereocenters. The highest BCUT2D eigenvalue weighted by Gasteiger charge is 2.37. The van der Waals surface area contributed by atoms with Gasteiger partial charge in [0.1, 0.15) is 41.7 Å². The van der Waals surface area contributed by atoms with Gasteiger partial charge in [0.15, 0.2) is 5.78 Å². The van der Waals surface area contributed by atoms with Crippen LogP contribution in [0.15, 0.2) is 97.1 Å². The minimum Gasteiger partial charge on any atom is -0.508 e. The first-order valence-corrected chi connectivity index (χ1v) is 28.2. The minimum atomic E-state index is -1.75. The zero-order valence-corrected chi connectivity index (χ0v) is 45.6. The SMILES string of the molecule is C[C@@H](O)[C@@H]1NC(=O)[C@H](CCCCN)NC(=O)[C@@H](Cc2ccc(C(N)=O)cc2)NC(=O)[C@H](Cc2ccc(O)cc2)CC(=O)[C@H](NC(=O)[C@@H](N)Cc2ccc(Cl)cc2)CSSC[C@@H](C(=O)N[C@H](Cc2ccc(O)cc2)C(N)=O)NC1=O. The van der Waals surface area contributed by atoms with Gasteiger partial charge in [-0.25, -0.2) is 0 Å². The number of halogens is 1. The van der Waals surface area contributed by atoms with Crippen molar-refractivity contribution in [1.29, 1.82) is 0 Å². The molecular weight excluding hydrogens is 1080 g/mol. The van der Waals surface area contributed by atoms with Gasteiger partial charge in [-0.3, -0.25) is 43.2 Å². The van der Waals surface area contributed by atoms with Crippen molar-refractivity contribution in [2.24, 2.45) is 28.9 Å². The molecule has 0 radical (unpaired) electrons. The van der Waals surface area contributed by atoms with E-state index in [4.69, 9.17) is 34.5 Å². The number of carbonyl (C=O) groups is 9. The predicted octanol–water partition coefficient (Wildman–Crippen LogP) is 0.322. The number of Topliss-reactive ketones (excluding diaryl/α,β-unsaturated/α-hetero) is 1. The van der Waals surface area contributed by atoms with E-state index in [1.807, 2.05) is 0 Å². The summed E-state index contributed by atoms with van der Waals surface area (Å²) in [6.45, 7) is 1.43. The Bertz CT molecular complexity index is 2760. The van der Waals surface area contributed by atoms with E-state index in [1.54, 1.807) is 36.4 Å². The van der Waals surface area contributed by atoms with E-state index in [0.717, 1.165) is 21.6 Å². The third-order valence-corrected chi connectivity index (χ3v) is 15.5. The van der Waals surface area contributed by atoms with Crippen molar-refractivity contribution < 1.29 is 58.5 Å². The van der Waals surface area contributed by atoms with Crippen LogP contribution in [0.1, 0.15) is 65.2 Å². The molecule has 1 aliphatic heterocycles. The summed E-state index contributed by atoms with van der Waals surface area (Å²) in [5.74, 6) is -9.45. The van der Waals surface area contributed by atoms with Crippen LogP contribution in [-0.4, -0.2) is 135 Å². The number of aromatic hydroxyl groups is 2. The lowest BCUT2D eigenvalue weighted by Crippen LogP contribution is -2.62. The van der Waals surface area contributed by atoms with E-state index < -0.39 is 114 Å². The highest BCUT2D eigenvalue weighted by Crippen LogP contribution is 2.26. The number of amides is 8. The van der Waals surface area contributed by atoms with Gasteiger partial charge in [0.05, 0.1) is 18.2 Å². The predicted molar refractivity (Wildman–Crippen MR) is 299 cm³/mol. The van der Waals surface area contributed by atoms with E-state index >= 15 is 0 Å². The second-order valence-corrected chi connectivity index (χ2v) is 22.1. The van der Waals surface area contributed by atoms with Gasteiger partial charge in [-0.1, -0.05) is 81.7 Å².